The number of aromatic amines is 1. The van der Waals surface area contributed by atoms with Crippen molar-refractivity contribution in [2.24, 2.45) is 0 Å². The summed E-state index contributed by atoms with van der Waals surface area (Å²) in [6.07, 6.45) is 1.84. The van der Waals surface area contributed by atoms with Gasteiger partial charge < -0.3 is 5.32 Å². The molecule has 0 saturated carbocycles. The van der Waals surface area contributed by atoms with Crippen LogP contribution in [0.3, 0.4) is 0 Å². The number of amides is 1. The third-order valence-electron chi connectivity index (χ3n) is 3.03. The molecule has 0 aliphatic rings. The standard InChI is InChI=1S/C15H19FN4OS/c1-3-4-13-18-15(20-19-13)22-10(2)14(21)17-9-11-5-7-12(16)8-6-11/h5-8,10H,3-4,9H2,1-2H3,(H,17,21)(H,18,19,20). The summed E-state index contributed by atoms with van der Waals surface area (Å²) < 4.78 is 12.8. The van der Waals surface area contributed by atoms with E-state index < -0.39 is 0 Å². The van der Waals surface area contributed by atoms with E-state index in [-0.39, 0.29) is 17.0 Å². The van der Waals surface area contributed by atoms with Gasteiger partial charge in [-0.2, -0.15) is 0 Å². The Morgan fingerprint density at radius 2 is 2.14 bits per heavy atom. The van der Waals surface area contributed by atoms with E-state index in [1.807, 2.05) is 0 Å². The lowest BCUT2D eigenvalue weighted by Crippen LogP contribution is -2.30. The zero-order chi connectivity index (χ0) is 15.9. The van der Waals surface area contributed by atoms with Gasteiger partial charge in [-0.25, -0.2) is 9.37 Å². The van der Waals surface area contributed by atoms with Crippen LogP contribution in [-0.4, -0.2) is 26.3 Å². The highest BCUT2D eigenvalue weighted by atomic mass is 32.2. The number of rotatable bonds is 7. The van der Waals surface area contributed by atoms with Crippen LogP contribution >= 0.6 is 11.8 Å². The zero-order valence-corrected chi connectivity index (χ0v) is 13.4. The van der Waals surface area contributed by atoms with Crippen LogP contribution in [-0.2, 0) is 17.8 Å². The second kappa shape index (κ2) is 7.93. The first-order valence-electron chi connectivity index (χ1n) is 7.18. The van der Waals surface area contributed by atoms with E-state index in [2.05, 4.69) is 27.4 Å². The highest BCUT2D eigenvalue weighted by Gasteiger charge is 2.16. The highest BCUT2D eigenvalue weighted by molar-refractivity contribution is 8.00. The molecule has 1 aromatic carbocycles. The second-order valence-corrected chi connectivity index (χ2v) is 6.23. The molecule has 1 amide bonds. The largest absolute Gasteiger partial charge is 0.351 e. The molecule has 7 heteroatoms. The fourth-order valence-electron chi connectivity index (χ4n) is 1.83. The Kier molecular flexibility index (Phi) is 5.94. The Morgan fingerprint density at radius 3 is 2.82 bits per heavy atom. The van der Waals surface area contributed by atoms with E-state index in [0.717, 1.165) is 24.2 Å². The second-order valence-electron chi connectivity index (χ2n) is 4.92. The molecule has 0 aliphatic carbocycles. The third kappa shape index (κ3) is 4.84. The number of halogens is 1. The van der Waals surface area contributed by atoms with Gasteiger partial charge in [0.05, 0.1) is 5.25 Å². The van der Waals surface area contributed by atoms with Crippen LogP contribution in [0.15, 0.2) is 29.4 Å². The molecule has 2 N–H and O–H groups in total. The lowest BCUT2D eigenvalue weighted by molar-refractivity contribution is -0.120. The number of hydrogen-bond acceptors (Lipinski definition) is 4. The van der Waals surface area contributed by atoms with Gasteiger partial charge in [-0.05, 0) is 31.0 Å². The number of carbonyl (C=O) groups excluding carboxylic acids is 1. The van der Waals surface area contributed by atoms with Crippen LogP contribution in [0.4, 0.5) is 4.39 Å². The molecule has 0 aliphatic heterocycles. The number of carbonyl (C=O) groups is 1. The average Bonchev–Trinajstić information content (AvgIpc) is 2.94. The Hall–Kier alpha value is -1.89. The van der Waals surface area contributed by atoms with Crippen molar-refractivity contribution in [3.05, 3.63) is 41.5 Å². The lowest BCUT2D eigenvalue weighted by atomic mass is 10.2. The van der Waals surface area contributed by atoms with Crippen LogP contribution in [0.2, 0.25) is 0 Å². The van der Waals surface area contributed by atoms with Gasteiger partial charge >= 0.3 is 0 Å². The Labute approximate surface area is 133 Å². The predicted octanol–water partition coefficient (Wildman–Crippen LogP) is 2.69. The van der Waals surface area contributed by atoms with Crippen molar-refractivity contribution in [1.82, 2.24) is 20.5 Å². The predicted molar refractivity (Wildman–Crippen MR) is 83.9 cm³/mol. The summed E-state index contributed by atoms with van der Waals surface area (Å²) in [4.78, 5) is 16.4. The molecular formula is C15H19FN4OS. The smallest absolute Gasteiger partial charge is 0.233 e. The van der Waals surface area contributed by atoms with Crippen molar-refractivity contribution in [3.63, 3.8) is 0 Å². The first-order chi connectivity index (χ1) is 10.6. The number of aromatic nitrogens is 3. The van der Waals surface area contributed by atoms with Crippen molar-refractivity contribution in [1.29, 1.82) is 0 Å². The Morgan fingerprint density at radius 1 is 1.41 bits per heavy atom. The number of H-pyrrole nitrogens is 1. The molecule has 22 heavy (non-hydrogen) atoms. The zero-order valence-electron chi connectivity index (χ0n) is 12.6. The van der Waals surface area contributed by atoms with Gasteiger partial charge in [-0.1, -0.05) is 30.8 Å². The third-order valence-corrected chi connectivity index (χ3v) is 3.99. The molecular weight excluding hydrogens is 303 g/mol. The average molecular weight is 322 g/mol. The van der Waals surface area contributed by atoms with Gasteiger partial charge in [0.15, 0.2) is 0 Å². The Bertz CT molecular complexity index is 614. The van der Waals surface area contributed by atoms with E-state index in [0.29, 0.717) is 11.7 Å². The van der Waals surface area contributed by atoms with E-state index in [1.165, 1.54) is 23.9 Å². The number of hydrogen-bond donors (Lipinski definition) is 2. The van der Waals surface area contributed by atoms with Crippen LogP contribution in [0.25, 0.3) is 0 Å². The minimum absolute atomic E-state index is 0.101. The van der Waals surface area contributed by atoms with E-state index in [1.54, 1.807) is 19.1 Å². The summed E-state index contributed by atoms with van der Waals surface area (Å²) in [5, 5.41) is 10.1. The maximum Gasteiger partial charge on any atom is 0.233 e. The fourth-order valence-corrected chi connectivity index (χ4v) is 2.59. The number of thioether (sulfide) groups is 1. The van der Waals surface area contributed by atoms with E-state index in [9.17, 15) is 9.18 Å². The quantitative estimate of drug-likeness (QED) is 0.769. The monoisotopic (exact) mass is 322 g/mol. The molecule has 0 spiro atoms. The normalized spacial score (nSPS) is 12.1. The van der Waals surface area contributed by atoms with E-state index >= 15 is 0 Å². The van der Waals surface area contributed by atoms with Gasteiger partial charge in [0.2, 0.25) is 11.1 Å². The SMILES string of the molecule is CCCc1nc(SC(C)C(=O)NCc2ccc(F)cc2)n[nH]1. The molecule has 0 fully saturated rings. The summed E-state index contributed by atoms with van der Waals surface area (Å²) >= 11 is 1.31. The van der Waals surface area contributed by atoms with Gasteiger partial charge in [-0.15, -0.1) is 5.10 Å². The topological polar surface area (TPSA) is 70.7 Å². The first-order valence-corrected chi connectivity index (χ1v) is 8.06. The van der Waals surface area contributed by atoms with Crippen molar-refractivity contribution in [3.8, 4) is 0 Å². The van der Waals surface area contributed by atoms with Crippen molar-refractivity contribution >= 4 is 17.7 Å². The highest BCUT2D eigenvalue weighted by Crippen LogP contribution is 2.19. The summed E-state index contributed by atoms with van der Waals surface area (Å²) in [5.41, 5.74) is 0.857. The summed E-state index contributed by atoms with van der Waals surface area (Å²) in [7, 11) is 0. The van der Waals surface area contributed by atoms with Crippen LogP contribution in [0.5, 0.6) is 0 Å². The molecule has 2 rings (SSSR count). The summed E-state index contributed by atoms with van der Waals surface area (Å²) in [6.45, 7) is 4.25. The summed E-state index contributed by atoms with van der Waals surface area (Å²) in [6, 6.07) is 6.06. The van der Waals surface area contributed by atoms with Crippen molar-refractivity contribution in [2.75, 3.05) is 0 Å². The van der Waals surface area contributed by atoms with Crippen molar-refractivity contribution in [2.45, 2.75) is 43.6 Å². The maximum atomic E-state index is 12.8. The molecule has 0 radical (unpaired) electrons. The molecule has 5 nitrogen and oxygen atoms in total. The van der Waals surface area contributed by atoms with E-state index in [4.69, 9.17) is 0 Å². The molecule has 1 atom stereocenters. The molecule has 1 heterocycles. The minimum Gasteiger partial charge on any atom is -0.351 e. The summed E-state index contributed by atoms with van der Waals surface area (Å²) in [5.74, 6) is 0.451. The first kappa shape index (κ1) is 16.5. The van der Waals surface area contributed by atoms with Crippen LogP contribution in [0.1, 0.15) is 31.7 Å². The molecule has 0 bridgehead atoms. The van der Waals surface area contributed by atoms with Gasteiger partial charge in [0, 0.05) is 13.0 Å². The van der Waals surface area contributed by atoms with Gasteiger partial charge in [0.25, 0.3) is 0 Å². The number of nitrogens with one attached hydrogen (secondary N) is 2. The maximum absolute atomic E-state index is 12.8. The number of benzene rings is 1. The van der Waals surface area contributed by atoms with Gasteiger partial charge in [-0.3, -0.25) is 9.89 Å². The molecule has 0 saturated heterocycles. The molecule has 2 aromatic rings. The van der Waals surface area contributed by atoms with Crippen molar-refractivity contribution < 1.29 is 9.18 Å². The lowest BCUT2D eigenvalue weighted by Gasteiger charge is -2.10. The fraction of sp³-hybridized carbons (Fsp3) is 0.400. The molecule has 118 valence electrons. The van der Waals surface area contributed by atoms with Crippen LogP contribution in [0, 0.1) is 5.82 Å². The number of aryl methyl sites for hydroxylation is 1. The molecule has 1 unspecified atom stereocenters. The molecule has 1 aromatic heterocycles. The van der Waals surface area contributed by atoms with Gasteiger partial charge in [0.1, 0.15) is 11.6 Å². The Balaban J connectivity index is 1.82. The number of nitrogens with zero attached hydrogens (tertiary/aromatic N) is 2. The van der Waals surface area contributed by atoms with Crippen LogP contribution < -0.4 is 5.32 Å². The minimum atomic E-state index is -0.300.